The van der Waals surface area contributed by atoms with Gasteiger partial charge in [-0.2, -0.15) is 0 Å². The summed E-state index contributed by atoms with van der Waals surface area (Å²) in [7, 11) is 0. The first-order valence-electron chi connectivity index (χ1n) is 7.82. The molecule has 0 radical (unpaired) electrons. The van der Waals surface area contributed by atoms with Crippen molar-refractivity contribution in [2.45, 2.75) is 38.3 Å². The molecular formula is C16H18N6O. The van der Waals surface area contributed by atoms with Gasteiger partial charge in [0.05, 0.1) is 24.6 Å². The number of aromatic nitrogens is 5. The summed E-state index contributed by atoms with van der Waals surface area (Å²) in [4.78, 5) is 0. The molecule has 2 aromatic heterocycles. The van der Waals surface area contributed by atoms with Crippen molar-refractivity contribution < 1.29 is 4.42 Å². The van der Waals surface area contributed by atoms with Crippen molar-refractivity contribution in [3.8, 4) is 5.69 Å². The molecule has 1 saturated carbocycles. The molecule has 0 aliphatic heterocycles. The van der Waals surface area contributed by atoms with Crippen molar-refractivity contribution in [2.24, 2.45) is 0 Å². The second-order valence-corrected chi connectivity index (χ2v) is 5.85. The summed E-state index contributed by atoms with van der Waals surface area (Å²) >= 11 is 0. The summed E-state index contributed by atoms with van der Waals surface area (Å²) in [6, 6.07) is 8.41. The van der Waals surface area contributed by atoms with E-state index >= 15 is 0 Å². The van der Waals surface area contributed by atoms with E-state index in [-0.39, 0.29) is 6.04 Å². The summed E-state index contributed by atoms with van der Waals surface area (Å²) in [6.07, 6.45) is 5.83. The van der Waals surface area contributed by atoms with Crippen LogP contribution in [0.3, 0.4) is 0 Å². The number of benzene rings is 1. The Bertz CT molecular complexity index is 760. The Kier molecular flexibility index (Phi) is 3.63. The fourth-order valence-electron chi connectivity index (χ4n) is 2.45. The van der Waals surface area contributed by atoms with Crippen LogP contribution < -0.4 is 5.32 Å². The lowest BCUT2D eigenvalue weighted by atomic mass is 10.1. The zero-order valence-electron chi connectivity index (χ0n) is 12.9. The van der Waals surface area contributed by atoms with Crippen LogP contribution in [0.5, 0.6) is 0 Å². The van der Waals surface area contributed by atoms with E-state index in [9.17, 15) is 0 Å². The molecule has 1 N–H and O–H groups in total. The van der Waals surface area contributed by atoms with Crippen LogP contribution in [0.1, 0.15) is 49.1 Å². The van der Waals surface area contributed by atoms with Gasteiger partial charge in [0.25, 0.3) is 0 Å². The van der Waals surface area contributed by atoms with Gasteiger partial charge in [0, 0.05) is 12.0 Å². The molecule has 7 heteroatoms. The number of hydrogen-bond donors (Lipinski definition) is 1. The average Bonchev–Trinajstić information content (AvgIpc) is 3.11. The van der Waals surface area contributed by atoms with E-state index in [4.69, 9.17) is 4.42 Å². The van der Waals surface area contributed by atoms with Gasteiger partial charge in [-0.1, -0.05) is 17.3 Å². The number of hydrogen-bond acceptors (Lipinski definition) is 6. The van der Waals surface area contributed by atoms with Gasteiger partial charge in [0.15, 0.2) is 0 Å². The predicted octanol–water partition coefficient (Wildman–Crippen LogP) is 2.38. The van der Waals surface area contributed by atoms with Crippen LogP contribution in [0, 0.1) is 0 Å². The van der Waals surface area contributed by atoms with Crippen molar-refractivity contribution >= 4 is 0 Å². The molecule has 1 aliphatic rings. The molecular weight excluding hydrogens is 292 g/mol. The van der Waals surface area contributed by atoms with Gasteiger partial charge in [-0.05, 0) is 37.5 Å². The molecule has 23 heavy (non-hydrogen) atoms. The third kappa shape index (κ3) is 3.14. The molecule has 0 unspecified atom stereocenters. The standard InChI is InChI=1S/C16H18N6O/c1-11(17-10-15-19-20-16(23-15)13-2-3-13)12-4-6-14(7-5-12)22-9-8-18-21-22/h4-9,11,13,17H,2-3,10H2,1H3/t11-/m0/s1. The highest BCUT2D eigenvalue weighted by Gasteiger charge is 2.29. The number of nitrogens with zero attached hydrogens (tertiary/aromatic N) is 5. The quantitative estimate of drug-likeness (QED) is 0.753. The van der Waals surface area contributed by atoms with E-state index < -0.39 is 0 Å². The second kappa shape index (κ2) is 5.92. The Morgan fingerprint density at radius 3 is 2.78 bits per heavy atom. The molecule has 0 saturated heterocycles. The predicted molar refractivity (Wildman–Crippen MR) is 82.9 cm³/mol. The topological polar surface area (TPSA) is 81.7 Å². The molecule has 1 aromatic carbocycles. The molecule has 1 fully saturated rings. The summed E-state index contributed by atoms with van der Waals surface area (Å²) < 4.78 is 7.39. The normalized spacial score (nSPS) is 15.7. The van der Waals surface area contributed by atoms with Gasteiger partial charge in [-0.3, -0.25) is 0 Å². The minimum absolute atomic E-state index is 0.191. The minimum Gasteiger partial charge on any atom is -0.424 e. The van der Waals surface area contributed by atoms with Gasteiger partial charge in [-0.15, -0.1) is 15.3 Å². The molecule has 4 rings (SSSR count). The third-order valence-electron chi connectivity index (χ3n) is 4.05. The van der Waals surface area contributed by atoms with Crippen LogP contribution in [-0.4, -0.2) is 25.2 Å². The fraction of sp³-hybridized carbons (Fsp3) is 0.375. The Morgan fingerprint density at radius 2 is 2.09 bits per heavy atom. The van der Waals surface area contributed by atoms with Crippen molar-refractivity contribution in [3.05, 3.63) is 54.0 Å². The highest BCUT2D eigenvalue weighted by Crippen LogP contribution is 2.38. The summed E-state index contributed by atoms with van der Waals surface area (Å²) in [6.45, 7) is 2.69. The maximum absolute atomic E-state index is 5.66. The molecule has 3 aromatic rings. The van der Waals surface area contributed by atoms with E-state index in [0.717, 1.165) is 11.6 Å². The average molecular weight is 310 g/mol. The summed E-state index contributed by atoms with van der Waals surface area (Å²) in [5.74, 6) is 1.93. The fourth-order valence-corrected chi connectivity index (χ4v) is 2.45. The minimum atomic E-state index is 0.191. The lowest BCUT2D eigenvalue weighted by Crippen LogP contribution is -2.18. The highest BCUT2D eigenvalue weighted by molar-refractivity contribution is 5.34. The molecule has 0 spiro atoms. The second-order valence-electron chi connectivity index (χ2n) is 5.85. The van der Waals surface area contributed by atoms with Gasteiger partial charge < -0.3 is 9.73 Å². The van der Waals surface area contributed by atoms with E-state index in [1.54, 1.807) is 10.9 Å². The number of rotatable bonds is 6. The molecule has 1 aliphatic carbocycles. The van der Waals surface area contributed by atoms with E-state index in [1.165, 1.54) is 18.4 Å². The first kappa shape index (κ1) is 14.1. The van der Waals surface area contributed by atoms with Crippen molar-refractivity contribution in [2.75, 3.05) is 0 Å². The monoisotopic (exact) mass is 310 g/mol. The first-order chi connectivity index (χ1) is 11.3. The van der Waals surface area contributed by atoms with Crippen LogP contribution in [0.4, 0.5) is 0 Å². The highest BCUT2D eigenvalue weighted by atomic mass is 16.4. The van der Waals surface area contributed by atoms with Crippen LogP contribution >= 0.6 is 0 Å². The maximum Gasteiger partial charge on any atom is 0.230 e. The molecule has 0 bridgehead atoms. The van der Waals surface area contributed by atoms with Crippen LogP contribution in [-0.2, 0) is 6.54 Å². The van der Waals surface area contributed by atoms with Gasteiger partial charge in [0.1, 0.15) is 0 Å². The Hall–Kier alpha value is -2.54. The van der Waals surface area contributed by atoms with Gasteiger partial charge >= 0.3 is 0 Å². The molecule has 118 valence electrons. The lowest BCUT2D eigenvalue weighted by molar-refractivity contribution is 0.419. The molecule has 7 nitrogen and oxygen atoms in total. The Balaban J connectivity index is 1.37. The summed E-state index contributed by atoms with van der Waals surface area (Å²) in [5, 5.41) is 19.4. The van der Waals surface area contributed by atoms with E-state index in [2.05, 4.69) is 44.9 Å². The van der Waals surface area contributed by atoms with Crippen molar-refractivity contribution in [1.82, 2.24) is 30.5 Å². The van der Waals surface area contributed by atoms with Crippen molar-refractivity contribution in [3.63, 3.8) is 0 Å². The molecule has 2 heterocycles. The maximum atomic E-state index is 5.66. The molecule has 0 amide bonds. The summed E-state index contributed by atoms with van der Waals surface area (Å²) in [5.41, 5.74) is 2.18. The van der Waals surface area contributed by atoms with Gasteiger partial charge in [-0.25, -0.2) is 4.68 Å². The van der Waals surface area contributed by atoms with Crippen molar-refractivity contribution in [1.29, 1.82) is 0 Å². The Labute approximate surface area is 133 Å². The molecule has 1 atom stereocenters. The lowest BCUT2D eigenvalue weighted by Gasteiger charge is -2.13. The van der Waals surface area contributed by atoms with Gasteiger partial charge in [0.2, 0.25) is 11.8 Å². The first-order valence-corrected chi connectivity index (χ1v) is 7.82. The number of nitrogens with one attached hydrogen (secondary N) is 1. The zero-order valence-corrected chi connectivity index (χ0v) is 12.9. The van der Waals surface area contributed by atoms with E-state index in [1.807, 2.05) is 18.3 Å². The van der Waals surface area contributed by atoms with Crippen LogP contribution in [0.15, 0.2) is 41.1 Å². The largest absolute Gasteiger partial charge is 0.424 e. The SMILES string of the molecule is C[C@H](NCc1nnc(C2CC2)o1)c1ccc(-n2ccnn2)cc1. The zero-order chi connectivity index (χ0) is 15.6. The smallest absolute Gasteiger partial charge is 0.230 e. The van der Waals surface area contributed by atoms with E-state index in [0.29, 0.717) is 18.4 Å². The third-order valence-corrected chi connectivity index (χ3v) is 4.05. The van der Waals surface area contributed by atoms with Crippen LogP contribution in [0.2, 0.25) is 0 Å². The Morgan fingerprint density at radius 1 is 1.26 bits per heavy atom. The van der Waals surface area contributed by atoms with Crippen LogP contribution in [0.25, 0.3) is 5.69 Å².